The normalized spacial score (nSPS) is 18.2. The molecule has 4 rings (SSSR count). The smallest absolute Gasteiger partial charge is 0.200 e. The lowest BCUT2D eigenvalue weighted by Gasteiger charge is -2.28. The Morgan fingerprint density at radius 1 is 0.879 bits per heavy atom. The number of aliphatic hydroxyl groups excluding tert-OH is 1. The largest absolute Gasteiger partial charge is 0.497 e. The topological polar surface area (TPSA) is 38.7 Å². The molecule has 1 aliphatic rings. The van der Waals surface area contributed by atoms with E-state index in [4.69, 9.17) is 9.47 Å². The van der Waals surface area contributed by atoms with Crippen LogP contribution >= 0.6 is 0 Å². The Kier molecular flexibility index (Phi) is 7.23. The molecule has 3 nitrogen and oxygen atoms in total. The van der Waals surface area contributed by atoms with Crippen LogP contribution in [0.5, 0.6) is 11.5 Å². The van der Waals surface area contributed by atoms with Gasteiger partial charge in [0, 0.05) is 18.2 Å². The fourth-order valence-corrected chi connectivity index (χ4v) is 4.43. The number of hydrogen-bond donors (Lipinski definition) is 1. The van der Waals surface area contributed by atoms with Gasteiger partial charge in [-0.2, -0.15) is 4.39 Å². The van der Waals surface area contributed by atoms with E-state index < -0.39 is 11.6 Å². The van der Waals surface area contributed by atoms with E-state index in [0.29, 0.717) is 22.4 Å². The molecule has 174 valence electrons. The minimum absolute atomic E-state index is 0.0396. The van der Waals surface area contributed by atoms with Crippen LogP contribution in [0.2, 0.25) is 0 Å². The van der Waals surface area contributed by atoms with E-state index in [-0.39, 0.29) is 36.6 Å². The van der Waals surface area contributed by atoms with Crippen LogP contribution in [0, 0.1) is 23.4 Å². The van der Waals surface area contributed by atoms with E-state index in [1.165, 1.54) is 19.2 Å². The summed E-state index contributed by atoms with van der Waals surface area (Å²) < 4.78 is 54.3. The Bertz CT molecular complexity index is 1090. The molecule has 0 aliphatic heterocycles. The quantitative estimate of drug-likeness (QED) is 0.434. The molecule has 0 aromatic heterocycles. The first-order valence-electron chi connectivity index (χ1n) is 11.1. The molecule has 3 aromatic rings. The number of halogens is 3. The van der Waals surface area contributed by atoms with Crippen molar-refractivity contribution in [1.29, 1.82) is 0 Å². The summed E-state index contributed by atoms with van der Waals surface area (Å²) in [5.74, 6) is -1.70. The first kappa shape index (κ1) is 23.2. The summed E-state index contributed by atoms with van der Waals surface area (Å²) in [6, 6.07) is 14.8. The van der Waals surface area contributed by atoms with Crippen molar-refractivity contribution in [3.05, 3.63) is 83.2 Å². The molecular weight excluding hydrogens is 429 g/mol. The first-order chi connectivity index (χ1) is 16.0. The van der Waals surface area contributed by atoms with Crippen LogP contribution < -0.4 is 9.47 Å². The maximum Gasteiger partial charge on any atom is 0.200 e. The van der Waals surface area contributed by atoms with Crippen molar-refractivity contribution in [2.75, 3.05) is 13.7 Å². The lowest BCUT2D eigenvalue weighted by Crippen LogP contribution is -2.17. The summed E-state index contributed by atoms with van der Waals surface area (Å²) in [5.41, 5.74) is 2.26. The molecule has 0 bridgehead atoms. The number of methoxy groups -OCH3 is 1. The van der Waals surface area contributed by atoms with Crippen molar-refractivity contribution < 1.29 is 27.8 Å². The van der Waals surface area contributed by atoms with Gasteiger partial charge in [0.1, 0.15) is 18.2 Å². The van der Waals surface area contributed by atoms with Gasteiger partial charge in [0.25, 0.3) is 0 Å². The van der Waals surface area contributed by atoms with E-state index in [1.807, 2.05) is 0 Å². The highest BCUT2D eigenvalue weighted by atomic mass is 19.2. The van der Waals surface area contributed by atoms with Gasteiger partial charge in [0.15, 0.2) is 11.6 Å². The maximum absolute atomic E-state index is 14.7. The van der Waals surface area contributed by atoms with Gasteiger partial charge in [-0.25, -0.2) is 8.78 Å². The fraction of sp³-hybridized carbons (Fsp3) is 0.333. The van der Waals surface area contributed by atoms with Gasteiger partial charge in [-0.05, 0) is 72.4 Å². The third-order valence-electron chi connectivity index (χ3n) is 6.46. The molecule has 33 heavy (non-hydrogen) atoms. The van der Waals surface area contributed by atoms with Gasteiger partial charge in [-0.15, -0.1) is 0 Å². The number of hydrogen-bond acceptors (Lipinski definition) is 3. The SMILES string of the molecule is COc1ccc(-c2ccc(COc3ccc(C4CCC(CO)CC4)c(F)c3F)cc2)c(F)c1. The molecule has 1 saturated carbocycles. The minimum atomic E-state index is -0.978. The molecule has 0 radical (unpaired) electrons. The number of aliphatic hydroxyl groups is 1. The average Bonchev–Trinajstić information content (AvgIpc) is 2.85. The van der Waals surface area contributed by atoms with Gasteiger partial charge in [-0.1, -0.05) is 30.3 Å². The second-order valence-electron chi connectivity index (χ2n) is 8.51. The molecular formula is C27H27F3O3. The summed E-state index contributed by atoms with van der Waals surface area (Å²) in [6.45, 7) is 0.203. The summed E-state index contributed by atoms with van der Waals surface area (Å²) in [7, 11) is 1.48. The predicted octanol–water partition coefficient (Wildman–Crippen LogP) is 6.62. The van der Waals surface area contributed by atoms with Crippen molar-refractivity contribution in [2.24, 2.45) is 5.92 Å². The summed E-state index contributed by atoms with van der Waals surface area (Å²) >= 11 is 0. The maximum atomic E-state index is 14.7. The zero-order chi connectivity index (χ0) is 23.4. The number of rotatable bonds is 7. The Morgan fingerprint density at radius 2 is 1.61 bits per heavy atom. The lowest BCUT2D eigenvalue weighted by molar-refractivity contribution is 0.181. The monoisotopic (exact) mass is 456 g/mol. The molecule has 0 atom stereocenters. The molecule has 1 aliphatic carbocycles. The molecule has 0 heterocycles. The van der Waals surface area contributed by atoms with Crippen LogP contribution in [0.1, 0.15) is 42.7 Å². The van der Waals surface area contributed by atoms with Crippen LogP contribution in [0.25, 0.3) is 11.1 Å². The zero-order valence-corrected chi connectivity index (χ0v) is 18.5. The molecule has 0 saturated heterocycles. The van der Waals surface area contributed by atoms with Crippen LogP contribution in [0.4, 0.5) is 13.2 Å². The first-order valence-corrected chi connectivity index (χ1v) is 11.1. The Hall–Kier alpha value is -2.99. The molecule has 1 fully saturated rings. The Balaban J connectivity index is 1.41. The van der Waals surface area contributed by atoms with Crippen molar-refractivity contribution in [1.82, 2.24) is 0 Å². The molecule has 0 unspecified atom stereocenters. The fourth-order valence-electron chi connectivity index (χ4n) is 4.43. The van der Waals surface area contributed by atoms with Gasteiger partial charge in [0.2, 0.25) is 5.82 Å². The van der Waals surface area contributed by atoms with Gasteiger partial charge in [-0.3, -0.25) is 0 Å². The van der Waals surface area contributed by atoms with Crippen LogP contribution in [0.3, 0.4) is 0 Å². The standard InChI is InChI=1S/C27H27F3O3/c1-32-21-10-11-22(24(28)14-21)19-8-4-18(5-9-19)16-33-25-13-12-23(26(29)27(25)30)20-6-2-17(15-31)3-7-20/h4-5,8-14,17,20,31H,2-3,6-7,15-16H2,1H3. The van der Waals surface area contributed by atoms with Crippen molar-refractivity contribution in [2.45, 2.75) is 38.2 Å². The minimum Gasteiger partial charge on any atom is -0.497 e. The Morgan fingerprint density at radius 3 is 2.24 bits per heavy atom. The van der Waals surface area contributed by atoms with Crippen LogP contribution in [-0.4, -0.2) is 18.8 Å². The van der Waals surface area contributed by atoms with E-state index in [2.05, 4.69) is 0 Å². The molecule has 0 amide bonds. The van der Waals surface area contributed by atoms with E-state index in [0.717, 1.165) is 31.2 Å². The highest BCUT2D eigenvalue weighted by molar-refractivity contribution is 5.65. The molecule has 1 N–H and O–H groups in total. The Labute approximate surface area is 191 Å². The van der Waals surface area contributed by atoms with Crippen molar-refractivity contribution in [3.8, 4) is 22.6 Å². The van der Waals surface area contributed by atoms with Crippen LogP contribution in [-0.2, 0) is 6.61 Å². The van der Waals surface area contributed by atoms with Gasteiger partial charge >= 0.3 is 0 Å². The second-order valence-corrected chi connectivity index (χ2v) is 8.51. The summed E-state index contributed by atoms with van der Waals surface area (Å²) in [5, 5.41) is 9.27. The third kappa shape index (κ3) is 5.17. The van der Waals surface area contributed by atoms with E-state index >= 15 is 0 Å². The average molecular weight is 457 g/mol. The lowest BCUT2D eigenvalue weighted by atomic mass is 9.79. The van der Waals surface area contributed by atoms with Gasteiger partial charge in [0.05, 0.1) is 7.11 Å². The third-order valence-corrected chi connectivity index (χ3v) is 6.46. The zero-order valence-electron chi connectivity index (χ0n) is 18.5. The van der Waals surface area contributed by atoms with Gasteiger partial charge < -0.3 is 14.6 Å². The summed E-state index contributed by atoms with van der Waals surface area (Å²) in [6.07, 6.45) is 3.11. The summed E-state index contributed by atoms with van der Waals surface area (Å²) in [4.78, 5) is 0. The molecule has 6 heteroatoms. The van der Waals surface area contributed by atoms with E-state index in [9.17, 15) is 18.3 Å². The molecule has 3 aromatic carbocycles. The predicted molar refractivity (Wildman–Crippen MR) is 121 cm³/mol. The molecule has 0 spiro atoms. The van der Waals surface area contributed by atoms with Crippen molar-refractivity contribution >= 4 is 0 Å². The second kappa shape index (κ2) is 10.3. The number of benzene rings is 3. The van der Waals surface area contributed by atoms with Crippen molar-refractivity contribution in [3.63, 3.8) is 0 Å². The van der Waals surface area contributed by atoms with Crippen LogP contribution in [0.15, 0.2) is 54.6 Å². The van der Waals surface area contributed by atoms with E-state index in [1.54, 1.807) is 42.5 Å². The number of ether oxygens (including phenoxy) is 2. The highest BCUT2D eigenvalue weighted by Gasteiger charge is 2.26. The highest BCUT2D eigenvalue weighted by Crippen LogP contribution is 2.38.